The number of ether oxygens (including phenoxy) is 2. The Balaban J connectivity index is 2.34. The van der Waals surface area contributed by atoms with Crippen LogP contribution < -0.4 is 9.47 Å². The number of benzene rings is 1. The van der Waals surface area contributed by atoms with Gasteiger partial charge in [-0.1, -0.05) is 13.8 Å². The summed E-state index contributed by atoms with van der Waals surface area (Å²) in [5.41, 5.74) is 2.83. The molecule has 1 aliphatic rings. The predicted octanol–water partition coefficient (Wildman–Crippen LogP) is 4.36. The zero-order valence-corrected chi connectivity index (χ0v) is 13.3. The lowest BCUT2D eigenvalue weighted by Gasteiger charge is -2.19. The van der Waals surface area contributed by atoms with E-state index in [9.17, 15) is 4.79 Å². The van der Waals surface area contributed by atoms with Gasteiger partial charge in [0.2, 0.25) is 5.24 Å². The number of aryl methyl sites for hydroxylation is 1. The normalized spacial score (nSPS) is 13.4. The summed E-state index contributed by atoms with van der Waals surface area (Å²) in [6.45, 7) is 5.45. The number of hydrogen-bond donors (Lipinski definition) is 0. The summed E-state index contributed by atoms with van der Waals surface area (Å²) in [6, 6.07) is 3.98. The molecule has 0 saturated heterocycles. The molecule has 21 heavy (non-hydrogen) atoms. The van der Waals surface area contributed by atoms with Crippen LogP contribution in [-0.4, -0.2) is 18.5 Å². The Morgan fingerprint density at radius 1 is 1.10 bits per heavy atom. The third-order valence-corrected chi connectivity index (χ3v) is 3.62. The first-order valence-corrected chi connectivity index (χ1v) is 7.86. The number of halogens is 1. The van der Waals surface area contributed by atoms with E-state index >= 15 is 0 Å². The van der Waals surface area contributed by atoms with Gasteiger partial charge in [0.1, 0.15) is 0 Å². The van der Waals surface area contributed by atoms with Gasteiger partial charge < -0.3 is 9.47 Å². The van der Waals surface area contributed by atoms with Crippen LogP contribution in [0.15, 0.2) is 17.7 Å². The first kappa shape index (κ1) is 15.9. The van der Waals surface area contributed by atoms with Crippen molar-refractivity contribution in [1.29, 1.82) is 0 Å². The number of carbonyl (C=O) groups is 1. The maximum Gasteiger partial charge on any atom is 0.248 e. The molecule has 0 spiro atoms. The van der Waals surface area contributed by atoms with E-state index in [1.807, 2.05) is 18.2 Å². The fourth-order valence-electron chi connectivity index (χ4n) is 2.30. The predicted molar refractivity (Wildman–Crippen MR) is 85.2 cm³/mol. The van der Waals surface area contributed by atoms with E-state index in [1.54, 1.807) is 0 Å². The minimum absolute atomic E-state index is 0.372. The molecule has 1 aliphatic carbocycles. The van der Waals surface area contributed by atoms with Crippen LogP contribution in [0, 0.1) is 0 Å². The van der Waals surface area contributed by atoms with Crippen LogP contribution in [0.4, 0.5) is 0 Å². The highest BCUT2D eigenvalue weighted by molar-refractivity contribution is 6.68. The summed E-state index contributed by atoms with van der Waals surface area (Å²) >= 11 is 5.58. The number of carbonyl (C=O) groups excluding carboxylic acids is 1. The largest absolute Gasteiger partial charge is 0.490 e. The maximum absolute atomic E-state index is 11.3. The smallest absolute Gasteiger partial charge is 0.248 e. The van der Waals surface area contributed by atoms with Crippen molar-refractivity contribution in [3.8, 4) is 11.5 Å². The lowest BCUT2D eigenvalue weighted by molar-refractivity contribution is -0.108. The van der Waals surface area contributed by atoms with E-state index in [1.165, 1.54) is 5.56 Å². The summed E-state index contributed by atoms with van der Waals surface area (Å²) in [5, 5.41) is -0.372. The second-order valence-electron chi connectivity index (χ2n) is 5.14. The molecule has 0 fully saturated rings. The first-order valence-electron chi connectivity index (χ1n) is 7.48. The number of hydrogen-bond acceptors (Lipinski definition) is 3. The van der Waals surface area contributed by atoms with Crippen LogP contribution in [0.3, 0.4) is 0 Å². The minimum Gasteiger partial charge on any atom is -0.490 e. The lowest BCUT2D eigenvalue weighted by Crippen LogP contribution is -2.07. The van der Waals surface area contributed by atoms with E-state index in [4.69, 9.17) is 21.1 Å². The molecule has 1 aromatic rings. The molecule has 4 heteroatoms. The molecule has 0 radical (unpaired) electrons. The Morgan fingerprint density at radius 2 is 1.71 bits per heavy atom. The van der Waals surface area contributed by atoms with Gasteiger partial charge in [-0.3, -0.25) is 4.79 Å². The molecule has 0 heterocycles. The van der Waals surface area contributed by atoms with Crippen LogP contribution in [0.2, 0.25) is 0 Å². The molecular weight excluding hydrogens is 288 g/mol. The molecule has 114 valence electrons. The van der Waals surface area contributed by atoms with Gasteiger partial charge in [0, 0.05) is 5.57 Å². The number of rotatable bonds is 7. The van der Waals surface area contributed by atoms with E-state index < -0.39 is 0 Å². The Labute approximate surface area is 130 Å². The van der Waals surface area contributed by atoms with Gasteiger partial charge in [0.05, 0.1) is 13.2 Å². The van der Waals surface area contributed by atoms with Gasteiger partial charge in [0.15, 0.2) is 11.5 Å². The second kappa shape index (κ2) is 7.51. The summed E-state index contributed by atoms with van der Waals surface area (Å²) in [4.78, 5) is 11.3. The van der Waals surface area contributed by atoms with E-state index in [0.29, 0.717) is 25.2 Å². The van der Waals surface area contributed by atoms with Crippen LogP contribution in [0.1, 0.15) is 44.2 Å². The fourth-order valence-corrected chi connectivity index (χ4v) is 2.45. The molecule has 0 atom stereocenters. The third-order valence-electron chi connectivity index (χ3n) is 3.37. The zero-order chi connectivity index (χ0) is 15.2. The van der Waals surface area contributed by atoms with E-state index in [0.717, 1.165) is 36.3 Å². The average molecular weight is 309 g/mol. The zero-order valence-electron chi connectivity index (χ0n) is 12.6. The van der Waals surface area contributed by atoms with Crippen molar-refractivity contribution in [3.05, 3.63) is 28.8 Å². The van der Waals surface area contributed by atoms with Gasteiger partial charge >= 0.3 is 0 Å². The average Bonchev–Trinajstić information content (AvgIpc) is 2.49. The van der Waals surface area contributed by atoms with Gasteiger partial charge in [-0.25, -0.2) is 0 Å². The van der Waals surface area contributed by atoms with Gasteiger partial charge in [-0.15, -0.1) is 0 Å². The molecule has 0 saturated carbocycles. The van der Waals surface area contributed by atoms with E-state index in [2.05, 4.69) is 13.8 Å². The third kappa shape index (κ3) is 4.01. The second-order valence-corrected chi connectivity index (χ2v) is 5.48. The number of fused-ring (bicyclic) bond motifs is 1. The van der Waals surface area contributed by atoms with E-state index in [-0.39, 0.29) is 5.24 Å². The van der Waals surface area contributed by atoms with Crippen molar-refractivity contribution >= 4 is 22.9 Å². The monoisotopic (exact) mass is 308 g/mol. The molecule has 2 rings (SSSR count). The van der Waals surface area contributed by atoms with Crippen molar-refractivity contribution in [1.82, 2.24) is 0 Å². The van der Waals surface area contributed by atoms with Crippen molar-refractivity contribution in [2.75, 3.05) is 13.2 Å². The standard InChI is InChI=1S/C17H21ClO3/c1-3-7-20-15-10-12-5-6-13(17(18)19)9-14(12)11-16(15)21-8-4-2/h9-11H,3-8H2,1-2H3. The summed E-state index contributed by atoms with van der Waals surface area (Å²) in [7, 11) is 0. The topological polar surface area (TPSA) is 35.5 Å². The van der Waals surface area contributed by atoms with Crippen LogP contribution in [0.25, 0.3) is 6.08 Å². The Bertz CT molecular complexity index is 549. The Hall–Kier alpha value is -1.48. The SMILES string of the molecule is CCCOc1cc2c(cc1OCCC)CCC(C(=O)Cl)=C2. The fraction of sp³-hybridized carbons (Fsp3) is 0.471. The molecule has 0 bridgehead atoms. The molecule has 0 N–H and O–H groups in total. The van der Waals surface area contributed by atoms with Crippen molar-refractivity contribution in [2.24, 2.45) is 0 Å². The van der Waals surface area contributed by atoms with Crippen LogP contribution in [-0.2, 0) is 11.2 Å². The molecule has 0 amide bonds. The highest BCUT2D eigenvalue weighted by Crippen LogP contribution is 2.36. The summed E-state index contributed by atoms with van der Waals surface area (Å²) in [6.07, 6.45) is 5.23. The molecule has 0 unspecified atom stereocenters. The Morgan fingerprint density at radius 3 is 2.29 bits per heavy atom. The summed E-state index contributed by atoms with van der Waals surface area (Å²) < 4.78 is 11.6. The van der Waals surface area contributed by atoms with Gasteiger partial charge in [-0.2, -0.15) is 0 Å². The number of allylic oxidation sites excluding steroid dienone is 1. The molecule has 3 nitrogen and oxygen atoms in total. The molecular formula is C17H21ClO3. The molecule has 0 aromatic heterocycles. The highest BCUT2D eigenvalue weighted by atomic mass is 35.5. The minimum atomic E-state index is -0.372. The lowest BCUT2D eigenvalue weighted by atomic mass is 9.92. The summed E-state index contributed by atoms with van der Waals surface area (Å²) in [5.74, 6) is 1.53. The van der Waals surface area contributed by atoms with Crippen molar-refractivity contribution in [2.45, 2.75) is 39.5 Å². The quantitative estimate of drug-likeness (QED) is 0.702. The van der Waals surface area contributed by atoms with Gasteiger partial charge in [-0.05, 0) is 66.6 Å². The first-order chi connectivity index (χ1) is 10.2. The van der Waals surface area contributed by atoms with Crippen molar-refractivity contribution < 1.29 is 14.3 Å². The van der Waals surface area contributed by atoms with Crippen LogP contribution in [0.5, 0.6) is 11.5 Å². The molecule has 1 aromatic carbocycles. The molecule has 0 aliphatic heterocycles. The van der Waals surface area contributed by atoms with Crippen molar-refractivity contribution in [3.63, 3.8) is 0 Å². The highest BCUT2D eigenvalue weighted by Gasteiger charge is 2.18. The van der Waals surface area contributed by atoms with Crippen LogP contribution >= 0.6 is 11.6 Å². The maximum atomic E-state index is 11.3. The Kier molecular flexibility index (Phi) is 5.68. The van der Waals surface area contributed by atoms with Gasteiger partial charge in [0.25, 0.3) is 0 Å².